The fraction of sp³-hybridized carbons (Fsp3) is 0.212. The summed E-state index contributed by atoms with van der Waals surface area (Å²) < 4.78 is 0. The summed E-state index contributed by atoms with van der Waals surface area (Å²) in [7, 11) is 0. The van der Waals surface area contributed by atoms with Gasteiger partial charge in [0, 0.05) is 27.9 Å². The molecule has 0 spiro atoms. The largest absolute Gasteiger partial charge is 0.256 e. The Balaban J connectivity index is 1.67. The molecule has 7 rings (SSSR count). The Morgan fingerprint density at radius 1 is 0.771 bits per heavy atom. The first kappa shape index (κ1) is 20.6. The first-order valence-corrected chi connectivity index (χ1v) is 12.6. The second-order valence-electron chi connectivity index (χ2n) is 10.7. The van der Waals surface area contributed by atoms with Gasteiger partial charge in [0.05, 0.1) is 16.9 Å². The maximum Gasteiger partial charge on any atom is 0.0802 e. The number of fused-ring (bicyclic) bond motifs is 7. The minimum absolute atomic E-state index is 0.243. The number of rotatable bonds is 1. The summed E-state index contributed by atoms with van der Waals surface area (Å²) in [6.07, 6.45) is 3.01. The van der Waals surface area contributed by atoms with Crippen molar-refractivity contribution in [1.82, 2.24) is 9.97 Å². The third kappa shape index (κ3) is 2.65. The van der Waals surface area contributed by atoms with Gasteiger partial charge in [0.25, 0.3) is 0 Å². The van der Waals surface area contributed by atoms with Gasteiger partial charge in [-0.05, 0) is 87.7 Å². The Labute approximate surface area is 205 Å². The summed E-state index contributed by atoms with van der Waals surface area (Å²) in [4.78, 5) is 10.3. The number of aryl methyl sites for hydroxylation is 3. The van der Waals surface area contributed by atoms with E-state index in [4.69, 9.17) is 9.97 Å². The van der Waals surface area contributed by atoms with E-state index in [2.05, 4.69) is 95.3 Å². The van der Waals surface area contributed by atoms with E-state index in [0.717, 1.165) is 28.9 Å². The van der Waals surface area contributed by atoms with Gasteiger partial charge >= 0.3 is 0 Å². The topological polar surface area (TPSA) is 25.8 Å². The fourth-order valence-electron chi connectivity index (χ4n) is 6.14. The highest BCUT2D eigenvalue weighted by Crippen LogP contribution is 2.50. The fourth-order valence-corrected chi connectivity index (χ4v) is 6.14. The molecule has 0 amide bonds. The zero-order chi connectivity index (χ0) is 24.1. The quantitative estimate of drug-likeness (QED) is 0.233. The molecule has 2 heterocycles. The number of aromatic nitrogens is 2. The standard InChI is InChI=1S/C33H28N2/c1-6-20-8-10-21-11-12-23-24-13-14-34-31-27-16-22-9-7-18(2)19(3)30(22)35-32(27)33(4,5)28(29(24)31)17-26(23)25(21)15-20/h7-17H,6H2,1-5H3. The van der Waals surface area contributed by atoms with Crippen LogP contribution in [-0.2, 0) is 11.8 Å². The molecule has 0 atom stereocenters. The summed E-state index contributed by atoms with van der Waals surface area (Å²) in [6.45, 7) is 11.2. The van der Waals surface area contributed by atoms with Gasteiger partial charge < -0.3 is 0 Å². The predicted octanol–water partition coefficient (Wildman–Crippen LogP) is 8.57. The third-order valence-electron chi connectivity index (χ3n) is 8.37. The maximum atomic E-state index is 5.34. The number of pyridine rings is 2. The minimum atomic E-state index is -0.243. The lowest BCUT2D eigenvalue weighted by Crippen LogP contribution is -2.26. The molecule has 0 radical (unpaired) electrons. The zero-order valence-corrected chi connectivity index (χ0v) is 21.0. The zero-order valence-electron chi connectivity index (χ0n) is 21.0. The van der Waals surface area contributed by atoms with Crippen LogP contribution in [0.3, 0.4) is 0 Å². The Bertz CT molecular complexity index is 1870. The van der Waals surface area contributed by atoms with Gasteiger partial charge in [0.1, 0.15) is 0 Å². The van der Waals surface area contributed by atoms with E-state index in [1.807, 2.05) is 6.20 Å². The molecule has 0 saturated heterocycles. The third-order valence-corrected chi connectivity index (χ3v) is 8.37. The summed E-state index contributed by atoms with van der Waals surface area (Å²) in [5.41, 5.74) is 9.44. The van der Waals surface area contributed by atoms with Crippen LogP contribution in [0.25, 0.3) is 54.5 Å². The van der Waals surface area contributed by atoms with Crippen LogP contribution in [0.15, 0.2) is 66.9 Å². The van der Waals surface area contributed by atoms with E-state index < -0.39 is 0 Å². The van der Waals surface area contributed by atoms with Crippen LogP contribution in [0.4, 0.5) is 0 Å². The van der Waals surface area contributed by atoms with Crippen LogP contribution in [0.1, 0.15) is 48.7 Å². The molecule has 0 bridgehead atoms. The molecule has 0 fully saturated rings. The van der Waals surface area contributed by atoms with Gasteiger partial charge in [-0.3, -0.25) is 9.97 Å². The van der Waals surface area contributed by atoms with Crippen LogP contribution in [-0.4, -0.2) is 9.97 Å². The van der Waals surface area contributed by atoms with E-state index in [-0.39, 0.29) is 5.41 Å². The highest BCUT2D eigenvalue weighted by Gasteiger charge is 2.36. The van der Waals surface area contributed by atoms with E-state index in [1.165, 1.54) is 60.0 Å². The Morgan fingerprint density at radius 3 is 2.40 bits per heavy atom. The lowest BCUT2D eigenvalue weighted by atomic mass is 9.71. The second-order valence-corrected chi connectivity index (χ2v) is 10.7. The molecule has 1 aliphatic carbocycles. The predicted molar refractivity (Wildman–Crippen MR) is 148 cm³/mol. The molecule has 0 N–H and O–H groups in total. The molecule has 4 aromatic carbocycles. The van der Waals surface area contributed by atoms with Crippen molar-refractivity contribution in [3.05, 3.63) is 94.8 Å². The molecule has 2 aromatic heterocycles. The van der Waals surface area contributed by atoms with Crippen LogP contribution in [0.2, 0.25) is 0 Å². The first-order chi connectivity index (χ1) is 16.9. The molecule has 2 heteroatoms. The van der Waals surface area contributed by atoms with Gasteiger partial charge in [-0.1, -0.05) is 63.2 Å². The highest BCUT2D eigenvalue weighted by molar-refractivity contribution is 6.21. The normalized spacial score (nSPS) is 14.2. The van der Waals surface area contributed by atoms with Gasteiger partial charge in [-0.15, -0.1) is 0 Å². The van der Waals surface area contributed by atoms with Crippen molar-refractivity contribution in [3.8, 4) is 11.3 Å². The molecule has 1 aliphatic rings. The SMILES string of the molecule is CCc1ccc2ccc3c4ccnc5c4c(cc3c2c1)C(C)(C)c1nc2c(C)c(C)ccc2cc1-5. The molecule has 0 saturated carbocycles. The van der Waals surface area contributed by atoms with Crippen LogP contribution < -0.4 is 0 Å². The Morgan fingerprint density at radius 2 is 1.57 bits per heavy atom. The van der Waals surface area contributed by atoms with Crippen molar-refractivity contribution in [2.45, 2.75) is 46.5 Å². The number of hydrogen-bond donors (Lipinski definition) is 0. The second kappa shape index (κ2) is 6.88. The molecule has 170 valence electrons. The molecule has 6 aromatic rings. The van der Waals surface area contributed by atoms with E-state index in [0.29, 0.717) is 0 Å². The van der Waals surface area contributed by atoms with Crippen molar-refractivity contribution in [2.24, 2.45) is 0 Å². The van der Waals surface area contributed by atoms with Gasteiger partial charge in [-0.25, -0.2) is 0 Å². The van der Waals surface area contributed by atoms with Crippen molar-refractivity contribution in [1.29, 1.82) is 0 Å². The molecule has 2 nitrogen and oxygen atoms in total. The highest BCUT2D eigenvalue weighted by atomic mass is 14.8. The van der Waals surface area contributed by atoms with Crippen molar-refractivity contribution in [2.75, 3.05) is 0 Å². The molecule has 35 heavy (non-hydrogen) atoms. The lowest BCUT2D eigenvalue weighted by molar-refractivity contribution is 0.623. The Hall–Kier alpha value is -3.78. The van der Waals surface area contributed by atoms with Crippen molar-refractivity contribution in [3.63, 3.8) is 0 Å². The monoisotopic (exact) mass is 452 g/mol. The maximum absolute atomic E-state index is 5.34. The number of nitrogens with zero attached hydrogens (tertiary/aromatic N) is 2. The van der Waals surface area contributed by atoms with Gasteiger partial charge in [0.15, 0.2) is 0 Å². The molecule has 0 unspecified atom stereocenters. The first-order valence-electron chi connectivity index (χ1n) is 12.6. The minimum Gasteiger partial charge on any atom is -0.256 e. The van der Waals surface area contributed by atoms with E-state index in [1.54, 1.807) is 0 Å². The summed E-state index contributed by atoms with van der Waals surface area (Å²) in [5, 5.41) is 8.98. The number of hydrogen-bond acceptors (Lipinski definition) is 2. The summed E-state index contributed by atoms with van der Waals surface area (Å²) in [5.74, 6) is 0. The van der Waals surface area contributed by atoms with Crippen LogP contribution in [0, 0.1) is 13.8 Å². The Kier molecular flexibility index (Phi) is 4.05. The van der Waals surface area contributed by atoms with E-state index in [9.17, 15) is 0 Å². The average molecular weight is 453 g/mol. The smallest absolute Gasteiger partial charge is 0.0802 e. The van der Waals surface area contributed by atoms with Crippen molar-refractivity contribution < 1.29 is 0 Å². The lowest BCUT2D eigenvalue weighted by Gasteiger charge is -2.34. The average Bonchev–Trinajstić information content (AvgIpc) is 2.88. The van der Waals surface area contributed by atoms with E-state index >= 15 is 0 Å². The molecular weight excluding hydrogens is 424 g/mol. The van der Waals surface area contributed by atoms with Crippen LogP contribution in [0.5, 0.6) is 0 Å². The summed E-state index contributed by atoms with van der Waals surface area (Å²) >= 11 is 0. The van der Waals surface area contributed by atoms with Crippen LogP contribution >= 0.6 is 0 Å². The van der Waals surface area contributed by atoms with Gasteiger partial charge in [0.2, 0.25) is 0 Å². The molecular formula is C33H28N2. The summed E-state index contributed by atoms with van der Waals surface area (Å²) in [6, 6.07) is 22.8. The molecule has 0 aliphatic heterocycles. The van der Waals surface area contributed by atoms with Gasteiger partial charge in [-0.2, -0.15) is 0 Å². The van der Waals surface area contributed by atoms with Crippen molar-refractivity contribution >= 4 is 43.2 Å². The number of benzene rings is 4.